The van der Waals surface area contributed by atoms with Crippen molar-refractivity contribution in [2.24, 2.45) is 16.5 Å². The zero-order chi connectivity index (χ0) is 8.36. The van der Waals surface area contributed by atoms with Crippen molar-refractivity contribution in [1.29, 1.82) is 5.41 Å². The molecule has 5 N–H and O–H groups in total. The van der Waals surface area contributed by atoms with Crippen molar-refractivity contribution in [1.82, 2.24) is 0 Å². The summed E-state index contributed by atoms with van der Waals surface area (Å²) in [6, 6.07) is 0. The molecule has 0 atom stereocenters. The Hall–Kier alpha value is -0.190. The van der Waals surface area contributed by atoms with Crippen LogP contribution in [0.5, 0.6) is 0 Å². The van der Waals surface area contributed by atoms with Gasteiger partial charge in [0.1, 0.15) is 0 Å². The van der Waals surface area contributed by atoms with Gasteiger partial charge in [-0.2, -0.15) is 4.99 Å². The van der Waals surface area contributed by atoms with Crippen molar-refractivity contribution < 1.29 is 0 Å². The molecule has 0 aromatic carbocycles. The third-order valence-electron chi connectivity index (χ3n) is 0.531. The van der Waals surface area contributed by atoms with E-state index in [0.717, 1.165) is 0 Å². The maximum atomic E-state index is 6.64. The van der Waals surface area contributed by atoms with E-state index in [1.165, 1.54) is 0 Å². The number of nitrogens with one attached hydrogen (secondary N) is 1. The molecule has 0 aliphatic heterocycles. The van der Waals surface area contributed by atoms with Gasteiger partial charge in [-0.25, -0.2) is 0 Å². The van der Waals surface area contributed by atoms with E-state index in [0.29, 0.717) is 0 Å². The lowest BCUT2D eigenvalue weighted by atomic mass is 10.7. The number of nitrogens with zero attached hydrogens (tertiary/aromatic N) is 1. The lowest BCUT2D eigenvalue weighted by Crippen LogP contribution is -2.30. The van der Waals surface area contributed by atoms with Crippen LogP contribution in [0.2, 0.25) is 0 Å². The minimum atomic E-state index is -1.79. The minimum Gasteiger partial charge on any atom is -0.383 e. The fraction of sp³-hybridized carbons (Fsp3) is 0.333. The highest BCUT2D eigenvalue weighted by Crippen LogP contribution is 2.25. The number of hydrogen-bond donors (Lipinski definition) is 3. The minimum absolute atomic E-state index is 0.315. The lowest BCUT2D eigenvalue weighted by Gasteiger charge is -2.07. The summed E-state index contributed by atoms with van der Waals surface area (Å²) in [5, 5.41) is 6.64. The van der Waals surface area contributed by atoms with E-state index in [-0.39, 0.29) is 5.84 Å². The predicted molar refractivity (Wildman–Crippen MR) is 43.8 cm³/mol. The maximum absolute atomic E-state index is 6.64. The van der Waals surface area contributed by atoms with E-state index in [9.17, 15) is 0 Å². The Morgan fingerprint density at radius 1 is 1.30 bits per heavy atom. The first-order valence-electron chi connectivity index (χ1n) is 2.09. The fourth-order valence-corrected chi connectivity index (χ4v) is 0.320. The first-order chi connectivity index (χ1) is 4.34. The van der Waals surface area contributed by atoms with Crippen LogP contribution in [0, 0.1) is 5.41 Å². The Morgan fingerprint density at radius 2 is 1.70 bits per heavy atom. The molecule has 0 heterocycles. The molecule has 10 heavy (non-hydrogen) atoms. The Balaban J connectivity index is 4.35. The van der Waals surface area contributed by atoms with Crippen LogP contribution in [0.1, 0.15) is 0 Å². The van der Waals surface area contributed by atoms with Crippen LogP contribution < -0.4 is 11.5 Å². The second-order valence-electron chi connectivity index (χ2n) is 1.38. The molecule has 7 heteroatoms. The van der Waals surface area contributed by atoms with Gasteiger partial charge < -0.3 is 11.5 Å². The fourth-order valence-electron chi connectivity index (χ4n) is 0.193. The summed E-state index contributed by atoms with van der Waals surface area (Å²) in [6.45, 7) is 0. The molecule has 58 valence electrons. The molecule has 0 amide bonds. The SMILES string of the molecule is N=C(N)N=C(N)C(Cl)(Cl)Cl. The van der Waals surface area contributed by atoms with E-state index in [1.54, 1.807) is 0 Å². The number of halogens is 3. The number of hydrogen-bond acceptors (Lipinski definition) is 1. The van der Waals surface area contributed by atoms with E-state index < -0.39 is 9.75 Å². The standard InChI is InChI=1S/C3H5Cl3N4/c4-3(5,6)1(7)10-2(8)9/h(H5,7,8,9,10). The van der Waals surface area contributed by atoms with Crippen molar-refractivity contribution in [3.05, 3.63) is 0 Å². The van der Waals surface area contributed by atoms with E-state index in [1.807, 2.05) is 0 Å². The second-order valence-corrected chi connectivity index (χ2v) is 3.66. The quantitative estimate of drug-likeness (QED) is 0.306. The number of rotatable bonds is 0. The molecule has 0 bridgehead atoms. The third kappa shape index (κ3) is 3.76. The smallest absolute Gasteiger partial charge is 0.247 e. The molecule has 0 fully saturated rings. The van der Waals surface area contributed by atoms with Crippen LogP contribution in [0.3, 0.4) is 0 Å². The molecular formula is C3H5Cl3N4. The molecule has 0 saturated heterocycles. The van der Waals surface area contributed by atoms with Crippen LogP contribution in [-0.4, -0.2) is 15.6 Å². The van der Waals surface area contributed by atoms with E-state index in [2.05, 4.69) is 4.99 Å². The Morgan fingerprint density at radius 3 is 1.80 bits per heavy atom. The number of amidine groups is 1. The van der Waals surface area contributed by atoms with Crippen molar-refractivity contribution in [3.8, 4) is 0 Å². The van der Waals surface area contributed by atoms with Crippen LogP contribution in [0.15, 0.2) is 4.99 Å². The number of alkyl halides is 3. The van der Waals surface area contributed by atoms with Crippen molar-refractivity contribution in [2.45, 2.75) is 3.79 Å². The Bertz CT molecular complexity index is 169. The molecular weight excluding hydrogens is 198 g/mol. The highest BCUT2D eigenvalue weighted by Gasteiger charge is 2.25. The zero-order valence-electron chi connectivity index (χ0n) is 4.74. The van der Waals surface area contributed by atoms with Gasteiger partial charge in [0, 0.05) is 0 Å². The van der Waals surface area contributed by atoms with Crippen LogP contribution >= 0.6 is 34.8 Å². The summed E-state index contributed by atoms with van der Waals surface area (Å²) in [5.41, 5.74) is 9.91. The summed E-state index contributed by atoms with van der Waals surface area (Å²) >= 11 is 15.8. The topological polar surface area (TPSA) is 88.2 Å². The second kappa shape index (κ2) is 3.27. The van der Waals surface area contributed by atoms with Crippen LogP contribution in [0.4, 0.5) is 0 Å². The van der Waals surface area contributed by atoms with Gasteiger partial charge in [0.15, 0.2) is 5.84 Å². The monoisotopic (exact) mass is 202 g/mol. The number of nitrogens with two attached hydrogens (primary N) is 2. The normalized spacial score (nSPS) is 13.3. The predicted octanol–water partition coefficient (Wildman–Crippen LogP) is 0.607. The summed E-state index contributed by atoms with van der Waals surface area (Å²) in [4.78, 5) is 3.21. The molecule has 0 unspecified atom stereocenters. The van der Waals surface area contributed by atoms with Crippen molar-refractivity contribution in [3.63, 3.8) is 0 Å². The summed E-state index contributed by atoms with van der Waals surface area (Å²) < 4.78 is -1.79. The summed E-state index contributed by atoms with van der Waals surface area (Å²) in [5.74, 6) is -0.811. The average molecular weight is 203 g/mol. The molecule has 0 radical (unpaired) electrons. The number of guanidine groups is 1. The molecule has 0 saturated carbocycles. The first kappa shape index (κ1) is 9.81. The molecule has 0 rings (SSSR count). The number of aliphatic imine (C=N–C) groups is 1. The molecule has 0 aromatic heterocycles. The van der Waals surface area contributed by atoms with Gasteiger partial charge in [-0.1, -0.05) is 34.8 Å². The summed E-state index contributed by atoms with van der Waals surface area (Å²) in [7, 11) is 0. The zero-order valence-corrected chi connectivity index (χ0v) is 7.00. The van der Waals surface area contributed by atoms with Gasteiger partial charge in [-0.05, 0) is 0 Å². The molecule has 4 nitrogen and oxygen atoms in total. The van der Waals surface area contributed by atoms with Gasteiger partial charge in [-0.15, -0.1) is 0 Å². The third-order valence-corrected chi connectivity index (χ3v) is 1.11. The highest BCUT2D eigenvalue weighted by atomic mass is 35.6. The first-order valence-corrected chi connectivity index (χ1v) is 3.23. The van der Waals surface area contributed by atoms with E-state index >= 15 is 0 Å². The molecule has 0 aliphatic carbocycles. The van der Waals surface area contributed by atoms with Crippen LogP contribution in [-0.2, 0) is 0 Å². The van der Waals surface area contributed by atoms with Gasteiger partial charge >= 0.3 is 0 Å². The Kier molecular flexibility index (Phi) is 3.21. The highest BCUT2D eigenvalue weighted by molar-refractivity contribution is 6.76. The van der Waals surface area contributed by atoms with Crippen LogP contribution in [0.25, 0.3) is 0 Å². The van der Waals surface area contributed by atoms with E-state index in [4.69, 9.17) is 51.7 Å². The lowest BCUT2D eigenvalue weighted by molar-refractivity contribution is 1.33. The Labute approximate surface area is 72.6 Å². The summed E-state index contributed by atoms with van der Waals surface area (Å²) in [6.07, 6.45) is 0. The van der Waals surface area contributed by atoms with Gasteiger partial charge in [0.05, 0.1) is 0 Å². The largest absolute Gasteiger partial charge is 0.383 e. The average Bonchev–Trinajstić information content (AvgIpc) is 1.60. The van der Waals surface area contributed by atoms with Crippen molar-refractivity contribution in [2.75, 3.05) is 0 Å². The maximum Gasteiger partial charge on any atom is 0.247 e. The van der Waals surface area contributed by atoms with Gasteiger partial charge in [0.25, 0.3) is 0 Å². The molecule has 0 aliphatic rings. The molecule has 0 spiro atoms. The van der Waals surface area contributed by atoms with Gasteiger partial charge in [0.2, 0.25) is 9.75 Å². The molecule has 0 aromatic rings. The van der Waals surface area contributed by atoms with Crippen molar-refractivity contribution >= 4 is 46.6 Å². The van der Waals surface area contributed by atoms with Gasteiger partial charge in [-0.3, -0.25) is 5.41 Å².